The molecule has 0 aliphatic carbocycles. The average Bonchev–Trinajstić information content (AvgIpc) is 2.41. The van der Waals surface area contributed by atoms with Crippen LogP contribution in [0.1, 0.15) is 22.9 Å². The van der Waals surface area contributed by atoms with Gasteiger partial charge in [0.1, 0.15) is 0 Å². The Hall–Kier alpha value is -1.59. The highest BCUT2D eigenvalue weighted by Gasteiger charge is 2.30. The summed E-state index contributed by atoms with van der Waals surface area (Å²) in [7, 11) is 1.70. The summed E-state index contributed by atoms with van der Waals surface area (Å²) in [5.74, 6) is 0. The van der Waals surface area contributed by atoms with Crippen LogP contribution in [0.5, 0.6) is 0 Å². The molecular weight excluding hydrogens is 289 g/mol. The van der Waals surface area contributed by atoms with E-state index >= 15 is 0 Å². The molecule has 1 heterocycles. The van der Waals surface area contributed by atoms with E-state index in [1.165, 1.54) is 12.1 Å². The van der Waals surface area contributed by atoms with Crippen LogP contribution in [0, 0.1) is 0 Å². The Labute approximate surface area is 119 Å². The van der Waals surface area contributed by atoms with Crippen molar-refractivity contribution in [1.29, 1.82) is 0 Å². The minimum Gasteiger partial charge on any atom is -0.308 e. The Balaban J connectivity index is 2.36. The lowest BCUT2D eigenvalue weighted by Crippen LogP contribution is -2.19. The number of rotatable bonds is 3. The molecule has 0 saturated carbocycles. The minimum atomic E-state index is -4.34. The van der Waals surface area contributed by atoms with Gasteiger partial charge in [0.05, 0.1) is 22.3 Å². The van der Waals surface area contributed by atoms with Crippen LogP contribution in [0.3, 0.4) is 0 Å². The van der Waals surface area contributed by atoms with Crippen molar-refractivity contribution in [3.8, 4) is 0 Å². The van der Waals surface area contributed by atoms with Crippen molar-refractivity contribution in [2.24, 2.45) is 0 Å². The van der Waals surface area contributed by atoms with E-state index in [9.17, 15) is 13.2 Å². The van der Waals surface area contributed by atoms with Gasteiger partial charge in [-0.15, -0.1) is 0 Å². The predicted molar refractivity (Wildman–Crippen MR) is 71.6 cm³/mol. The predicted octanol–water partition coefficient (Wildman–Crippen LogP) is 4.06. The molecule has 2 rings (SSSR count). The van der Waals surface area contributed by atoms with Gasteiger partial charge in [0.15, 0.2) is 0 Å². The van der Waals surface area contributed by atoms with Gasteiger partial charge in [-0.2, -0.15) is 13.2 Å². The van der Waals surface area contributed by atoms with Crippen LogP contribution in [0.15, 0.2) is 42.6 Å². The van der Waals surface area contributed by atoms with E-state index in [-0.39, 0.29) is 6.04 Å². The second-order valence-corrected chi connectivity index (χ2v) is 4.62. The van der Waals surface area contributed by atoms with Crippen LogP contribution < -0.4 is 5.32 Å². The van der Waals surface area contributed by atoms with Crippen LogP contribution in [-0.2, 0) is 6.18 Å². The van der Waals surface area contributed by atoms with Gasteiger partial charge in [0, 0.05) is 6.20 Å². The Morgan fingerprint density at radius 2 is 1.80 bits per heavy atom. The number of nitrogens with one attached hydrogen (secondary N) is 1. The smallest absolute Gasteiger partial charge is 0.308 e. The van der Waals surface area contributed by atoms with Gasteiger partial charge in [-0.3, -0.25) is 4.98 Å². The van der Waals surface area contributed by atoms with E-state index in [1.807, 2.05) is 0 Å². The van der Waals surface area contributed by atoms with Crippen molar-refractivity contribution in [1.82, 2.24) is 10.3 Å². The maximum atomic E-state index is 12.5. The molecule has 1 N–H and O–H groups in total. The van der Waals surface area contributed by atoms with Crippen molar-refractivity contribution in [3.63, 3.8) is 0 Å². The zero-order valence-electron chi connectivity index (χ0n) is 10.6. The van der Waals surface area contributed by atoms with Gasteiger partial charge in [-0.25, -0.2) is 0 Å². The van der Waals surface area contributed by atoms with Crippen LogP contribution in [0.4, 0.5) is 13.2 Å². The van der Waals surface area contributed by atoms with Gasteiger partial charge < -0.3 is 5.32 Å². The quantitative estimate of drug-likeness (QED) is 0.924. The number of nitrogens with zero attached hydrogens (tertiary/aromatic N) is 1. The molecule has 20 heavy (non-hydrogen) atoms. The molecule has 106 valence electrons. The maximum Gasteiger partial charge on any atom is 0.416 e. The molecule has 0 radical (unpaired) electrons. The molecule has 6 heteroatoms. The summed E-state index contributed by atoms with van der Waals surface area (Å²) in [6.07, 6.45) is -2.74. The van der Waals surface area contributed by atoms with Crippen LogP contribution in [-0.4, -0.2) is 12.0 Å². The first-order valence-corrected chi connectivity index (χ1v) is 6.26. The SMILES string of the molecule is CNC(c1ccc(C(F)(F)F)cc1)c1ncccc1Cl. The summed E-state index contributed by atoms with van der Waals surface area (Å²) >= 11 is 6.07. The van der Waals surface area contributed by atoms with Crippen LogP contribution >= 0.6 is 11.6 Å². The molecule has 2 aromatic rings. The molecule has 2 nitrogen and oxygen atoms in total. The minimum absolute atomic E-state index is 0.356. The van der Waals surface area contributed by atoms with Gasteiger partial charge in [0.25, 0.3) is 0 Å². The lowest BCUT2D eigenvalue weighted by molar-refractivity contribution is -0.137. The first-order chi connectivity index (χ1) is 9.43. The van der Waals surface area contributed by atoms with Crippen molar-refractivity contribution in [2.75, 3.05) is 7.05 Å². The second-order valence-electron chi connectivity index (χ2n) is 4.21. The highest BCUT2D eigenvalue weighted by Crippen LogP contribution is 2.31. The van der Waals surface area contributed by atoms with Crippen molar-refractivity contribution in [2.45, 2.75) is 12.2 Å². The van der Waals surface area contributed by atoms with E-state index in [0.717, 1.165) is 12.1 Å². The summed E-state index contributed by atoms with van der Waals surface area (Å²) in [5, 5.41) is 3.47. The highest BCUT2D eigenvalue weighted by atomic mass is 35.5. The molecule has 1 atom stereocenters. The van der Waals surface area contributed by atoms with Gasteiger partial charge in [-0.1, -0.05) is 23.7 Å². The summed E-state index contributed by atoms with van der Waals surface area (Å²) in [5.41, 5.74) is 0.570. The molecule has 0 fully saturated rings. The first-order valence-electron chi connectivity index (χ1n) is 5.88. The zero-order chi connectivity index (χ0) is 14.8. The Bertz CT molecular complexity index is 582. The van der Waals surface area contributed by atoms with Crippen LogP contribution in [0.25, 0.3) is 0 Å². The first kappa shape index (κ1) is 14.8. The third kappa shape index (κ3) is 3.11. The van der Waals surface area contributed by atoms with Crippen molar-refractivity contribution in [3.05, 3.63) is 64.4 Å². The Morgan fingerprint density at radius 3 is 2.30 bits per heavy atom. The molecule has 0 bridgehead atoms. The van der Waals surface area contributed by atoms with Gasteiger partial charge >= 0.3 is 6.18 Å². The van der Waals surface area contributed by atoms with E-state index in [0.29, 0.717) is 16.3 Å². The van der Waals surface area contributed by atoms with E-state index in [4.69, 9.17) is 11.6 Å². The topological polar surface area (TPSA) is 24.9 Å². The molecule has 0 amide bonds. The summed E-state index contributed by atoms with van der Waals surface area (Å²) < 4.78 is 37.6. The Morgan fingerprint density at radius 1 is 1.15 bits per heavy atom. The number of alkyl halides is 3. The number of hydrogen-bond acceptors (Lipinski definition) is 2. The average molecular weight is 301 g/mol. The van der Waals surface area contributed by atoms with Crippen molar-refractivity contribution < 1.29 is 13.2 Å². The third-order valence-corrected chi connectivity index (χ3v) is 3.24. The van der Waals surface area contributed by atoms with Gasteiger partial charge in [0.2, 0.25) is 0 Å². The molecule has 1 aromatic heterocycles. The molecule has 0 spiro atoms. The molecule has 0 aliphatic heterocycles. The molecule has 0 saturated heterocycles. The molecular formula is C14H12ClF3N2. The fraction of sp³-hybridized carbons (Fsp3) is 0.214. The fourth-order valence-corrected chi connectivity index (χ4v) is 2.17. The fourth-order valence-electron chi connectivity index (χ4n) is 1.94. The normalized spacial score (nSPS) is 13.2. The molecule has 1 aromatic carbocycles. The molecule has 1 unspecified atom stereocenters. The number of aromatic nitrogens is 1. The monoisotopic (exact) mass is 300 g/mol. The van der Waals surface area contributed by atoms with E-state index in [2.05, 4.69) is 10.3 Å². The van der Waals surface area contributed by atoms with Crippen molar-refractivity contribution >= 4 is 11.6 Å². The summed E-state index contributed by atoms with van der Waals surface area (Å²) in [6.45, 7) is 0. The second kappa shape index (κ2) is 5.81. The Kier molecular flexibility index (Phi) is 4.30. The number of benzene rings is 1. The largest absolute Gasteiger partial charge is 0.416 e. The summed E-state index contributed by atoms with van der Waals surface area (Å²) in [4.78, 5) is 4.18. The van der Waals surface area contributed by atoms with E-state index in [1.54, 1.807) is 25.4 Å². The summed E-state index contributed by atoms with van der Waals surface area (Å²) in [6, 6.07) is 7.99. The number of halogens is 4. The van der Waals surface area contributed by atoms with E-state index < -0.39 is 11.7 Å². The maximum absolute atomic E-state index is 12.5. The lowest BCUT2D eigenvalue weighted by atomic mass is 10.0. The highest BCUT2D eigenvalue weighted by molar-refractivity contribution is 6.31. The number of pyridine rings is 1. The zero-order valence-corrected chi connectivity index (χ0v) is 11.3. The number of hydrogen-bond donors (Lipinski definition) is 1. The van der Waals surface area contributed by atoms with Gasteiger partial charge in [-0.05, 0) is 36.9 Å². The molecule has 0 aliphatic rings. The third-order valence-electron chi connectivity index (χ3n) is 2.92. The lowest BCUT2D eigenvalue weighted by Gasteiger charge is -2.18. The van der Waals surface area contributed by atoms with Crippen LogP contribution in [0.2, 0.25) is 5.02 Å². The standard InChI is InChI=1S/C14H12ClF3N2/c1-19-12(13-11(15)3-2-8-20-13)9-4-6-10(7-5-9)14(16,17)18/h2-8,12,19H,1H3.